The third kappa shape index (κ3) is 5.41. The fourth-order valence-electron chi connectivity index (χ4n) is 10.8. The van der Waals surface area contributed by atoms with E-state index < -0.39 is 23.0 Å². The first-order valence-electron chi connectivity index (χ1n) is 21.5. The van der Waals surface area contributed by atoms with Gasteiger partial charge in [0.15, 0.2) is 0 Å². The summed E-state index contributed by atoms with van der Waals surface area (Å²) >= 11 is 0. The molecule has 2 nitrogen and oxygen atoms in total. The largest absolute Gasteiger partial charge is 0.380 e. The molecule has 4 atom stereocenters. The van der Waals surface area contributed by atoms with Crippen molar-refractivity contribution in [2.45, 2.75) is 30.5 Å². The van der Waals surface area contributed by atoms with Crippen LogP contribution in [0.15, 0.2) is 206 Å². The van der Waals surface area contributed by atoms with Gasteiger partial charge in [0.25, 0.3) is 0 Å². The van der Waals surface area contributed by atoms with Gasteiger partial charge < -0.3 is 10.2 Å². The molecule has 0 radical (unpaired) electrons. The molecule has 0 heterocycles. The number of benzene rings is 9. The van der Waals surface area contributed by atoms with Crippen LogP contribution in [0, 0.1) is 17.8 Å². The smallest absolute Gasteiger partial charge is 0.122 e. The summed E-state index contributed by atoms with van der Waals surface area (Å²) in [7, 11) is 0. The average Bonchev–Trinajstić information content (AvgIpc) is 3.28. The van der Waals surface area contributed by atoms with E-state index in [1.54, 1.807) is 0 Å². The number of hydrogen-bond acceptors (Lipinski definition) is 2. The first-order chi connectivity index (χ1) is 29.4. The molecule has 0 saturated heterocycles. The molecule has 3 aliphatic carbocycles. The van der Waals surface area contributed by atoms with Crippen molar-refractivity contribution in [3.63, 3.8) is 0 Å². The van der Waals surface area contributed by atoms with Crippen molar-refractivity contribution >= 4 is 43.1 Å². The van der Waals surface area contributed by atoms with Gasteiger partial charge in [0.1, 0.15) is 11.2 Å². The molecule has 9 aromatic rings. The van der Waals surface area contributed by atoms with Crippen molar-refractivity contribution in [3.8, 4) is 22.3 Å². The van der Waals surface area contributed by atoms with Crippen molar-refractivity contribution < 1.29 is 10.2 Å². The second kappa shape index (κ2) is 13.5. The highest BCUT2D eigenvalue weighted by molar-refractivity contribution is 6.01. The quantitative estimate of drug-likeness (QED) is 0.171. The summed E-state index contributed by atoms with van der Waals surface area (Å²) in [6.07, 6.45) is 10.3. The van der Waals surface area contributed by atoms with E-state index >= 15 is 0 Å². The molecule has 2 N–H and O–H groups in total. The van der Waals surface area contributed by atoms with Crippen LogP contribution in [0.3, 0.4) is 0 Å². The summed E-state index contributed by atoms with van der Waals surface area (Å²) in [5.74, 6) is -0.346. The summed E-state index contributed by atoms with van der Waals surface area (Å²) in [4.78, 5) is 0. The van der Waals surface area contributed by atoms with E-state index in [4.69, 9.17) is 0 Å². The predicted molar refractivity (Wildman–Crippen MR) is 248 cm³/mol. The minimum Gasteiger partial charge on any atom is -0.380 e. The molecule has 1 fully saturated rings. The topological polar surface area (TPSA) is 40.5 Å². The number of fused-ring (bicyclic) bond motifs is 6. The monoisotopic (exact) mass is 772 g/mol. The van der Waals surface area contributed by atoms with Crippen molar-refractivity contribution in [3.05, 3.63) is 228 Å². The van der Waals surface area contributed by atoms with Crippen LogP contribution in [0.25, 0.3) is 65.3 Å². The zero-order chi connectivity index (χ0) is 40.0. The molecule has 1 saturated carbocycles. The molecular weight excluding hydrogens is 729 g/mol. The normalized spacial score (nSPS) is 22.4. The van der Waals surface area contributed by atoms with Gasteiger partial charge in [-0.25, -0.2) is 0 Å². The zero-order valence-corrected chi connectivity index (χ0v) is 33.3. The van der Waals surface area contributed by atoms with Gasteiger partial charge in [0, 0.05) is 11.8 Å². The highest BCUT2D eigenvalue weighted by atomic mass is 16.3. The second-order valence-corrected chi connectivity index (χ2v) is 17.5. The Hall–Kier alpha value is -6.58. The Bertz CT molecular complexity index is 3230. The Morgan fingerprint density at radius 3 is 1.28 bits per heavy atom. The summed E-state index contributed by atoms with van der Waals surface area (Å²) in [6, 6.07) is 64.4. The van der Waals surface area contributed by atoms with Gasteiger partial charge in [0.05, 0.1) is 0 Å². The van der Waals surface area contributed by atoms with Crippen LogP contribution in [0.4, 0.5) is 0 Å². The maximum Gasteiger partial charge on any atom is 0.122 e. The van der Waals surface area contributed by atoms with E-state index in [1.165, 1.54) is 45.0 Å². The highest BCUT2D eigenvalue weighted by Crippen LogP contribution is 2.59. The Labute approximate surface area is 350 Å². The van der Waals surface area contributed by atoms with Gasteiger partial charge in [-0.2, -0.15) is 0 Å². The fraction of sp³-hybridized carbons (Fsp3) is 0.138. The number of rotatable bonds is 5. The standard InChI is InChI=1S/C58H44O2/c59-57(51-25-22-44-30-47-28-40(37-10-3-1-4-11-37)18-20-42(47)32-49(44)34-51)53-16-7-8-17-54(53)58(60,56-36-46(24-27-55(56)57)39-14-9-15-39)52-26-23-45-31-48-29-41(38-12-5-2-6-13-38)19-21-43(48)33-50(45)35-52/h1-8,10-13,16-36,39,55-56,59-60H,9,14-15H2. The predicted octanol–water partition coefficient (Wildman–Crippen LogP) is 13.6. The second-order valence-electron chi connectivity index (χ2n) is 17.5. The van der Waals surface area contributed by atoms with Crippen LogP contribution in [0.5, 0.6) is 0 Å². The van der Waals surface area contributed by atoms with Crippen LogP contribution in [0.1, 0.15) is 41.5 Å². The van der Waals surface area contributed by atoms with Gasteiger partial charge >= 0.3 is 0 Å². The van der Waals surface area contributed by atoms with Crippen molar-refractivity contribution in [2.24, 2.45) is 17.8 Å². The molecule has 3 aliphatic rings. The maximum atomic E-state index is 13.7. The highest BCUT2D eigenvalue weighted by Gasteiger charge is 2.58. The minimum absolute atomic E-state index is 0.409. The van der Waals surface area contributed by atoms with Gasteiger partial charge in [-0.1, -0.05) is 158 Å². The number of aliphatic hydroxyl groups is 2. The van der Waals surface area contributed by atoms with E-state index in [0.717, 1.165) is 67.4 Å². The van der Waals surface area contributed by atoms with Gasteiger partial charge in [-0.3, -0.25) is 0 Å². The van der Waals surface area contributed by atoms with Crippen LogP contribution >= 0.6 is 0 Å². The number of hydrogen-bond donors (Lipinski definition) is 2. The lowest BCUT2D eigenvalue weighted by Crippen LogP contribution is -2.54. The first kappa shape index (κ1) is 35.4. The molecular formula is C58H44O2. The summed E-state index contributed by atoms with van der Waals surface area (Å²) in [5, 5.41) is 36.4. The summed E-state index contributed by atoms with van der Waals surface area (Å²) < 4.78 is 0. The molecule has 0 amide bonds. The van der Waals surface area contributed by atoms with E-state index in [1.807, 2.05) is 24.3 Å². The van der Waals surface area contributed by atoms with E-state index in [0.29, 0.717) is 5.92 Å². The Morgan fingerprint density at radius 1 is 0.383 bits per heavy atom. The van der Waals surface area contributed by atoms with Crippen molar-refractivity contribution in [1.29, 1.82) is 0 Å². The van der Waals surface area contributed by atoms with Crippen molar-refractivity contribution in [2.75, 3.05) is 0 Å². The van der Waals surface area contributed by atoms with Gasteiger partial charge in [-0.15, -0.1) is 0 Å². The lowest BCUT2D eigenvalue weighted by atomic mass is 9.54. The van der Waals surface area contributed by atoms with Gasteiger partial charge in [-0.05, 0) is 160 Å². The Kier molecular flexibility index (Phi) is 7.94. The lowest BCUT2D eigenvalue weighted by molar-refractivity contribution is -0.0721. The molecule has 0 aliphatic heterocycles. The third-order valence-corrected chi connectivity index (χ3v) is 14.2. The van der Waals surface area contributed by atoms with E-state index in [9.17, 15) is 10.2 Å². The minimum atomic E-state index is -1.39. The molecule has 60 heavy (non-hydrogen) atoms. The lowest BCUT2D eigenvalue weighted by Gasteiger charge is -2.53. The van der Waals surface area contributed by atoms with Crippen LogP contribution in [-0.2, 0) is 11.2 Å². The molecule has 0 bridgehead atoms. The Balaban J connectivity index is 1.00. The van der Waals surface area contributed by atoms with Crippen LogP contribution in [0.2, 0.25) is 0 Å². The maximum absolute atomic E-state index is 13.7. The SMILES string of the molecule is OC1(c2ccc3cc4cc(-c5ccccc5)ccc4cc3c2)c2ccccc2C(O)(c2ccc3cc4cc(-c5ccccc5)ccc4cc3c2)C2C=C(C3CCC3)C=CC21. The molecule has 9 aromatic carbocycles. The van der Waals surface area contributed by atoms with E-state index in [-0.39, 0.29) is 0 Å². The molecule has 0 aromatic heterocycles. The molecule has 288 valence electrons. The fourth-order valence-corrected chi connectivity index (χ4v) is 10.8. The molecule has 12 rings (SSSR count). The molecule has 0 spiro atoms. The average molecular weight is 773 g/mol. The molecule has 2 heteroatoms. The van der Waals surface area contributed by atoms with E-state index in [2.05, 4.69) is 176 Å². The van der Waals surface area contributed by atoms with Crippen molar-refractivity contribution in [1.82, 2.24) is 0 Å². The van der Waals surface area contributed by atoms with Gasteiger partial charge in [0.2, 0.25) is 0 Å². The first-order valence-corrected chi connectivity index (χ1v) is 21.5. The molecule has 4 unspecified atom stereocenters. The summed E-state index contributed by atoms with van der Waals surface area (Å²) in [5.41, 5.74) is 6.48. The van der Waals surface area contributed by atoms with Crippen LogP contribution in [-0.4, -0.2) is 10.2 Å². The Morgan fingerprint density at radius 2 is 0.817 bits per heavy atom. The summed E-state index contributed by atoms with van der Waals surface area (Å²) in [6.45, 7) is 0. The van der Waals surface area contributed by atoms with Crippen LogP contribution < -0.4 is 0 Å². The number of allylic oxidation sites excluding steroid dienone is 2. The third-order valence-electron chi connectivity index (χ3n) is 14.2. The zero-order valence-electron chi connectivity index (χ0n) is 33.3.